The van der Waals surface area contributed by atoms with Crippen molar-refractivity contribution in [3.05, 3.63) is 69.2 Å². The molecule has 2 heterocycles. The zero-order chi connectivity index (χ0) is 18.3. The molecule has 2 aromatic carbocycles. The maximum Gasteiger partial charge on any atom is 0.193 e. The van der Waals surface area contributed by atoms with Crippen molar-refractivity contribution in [2.24, 2.45) is 10.2 Å². The normalized spacial score (nSPS) is 21.5. The molecule has 2 aliphatic heterocycles. The van der Waals surface area contributed by atoms with Gasteiger partial charge < -0.3 is 10.6 Å². The Hall–Kier alpha value is -2.09. The number of thiocarbonyl (C=S) groups is 1. The number of nitrogens with zero attached hydrogens (tertiary/aromatic N) is 2. The molecule has 0 radical (unpaired) electrons. The van der Waals surface area contributed by atoms with Crippen LogP contribution in [0, 0.1) is 0 Å². The third-order valence-corrected chi connectivity index (χ3v) is 5.10. The van der Waals surface area contributed by atoms with E-state index in [0.29, 0.717) is 21.4 Å². The summed E-state index contributed by atoms with van der Waals surface area (Å²) in [6.07, 6.45) is 1.91. The second-order valence-corrected chi connectivity index (χ2v) is 7.66. The summed E-state index contributed by atoms with van der Waals surface area (Å²) in [5, 5.41) is 15.6. The Bertz CT molecular complexity index is 991. The van der Waals surface area contributed by atoms with E-state index in [2.05, 4.69) is 36.8 Å². The van der Waals surface area contributed by atoms with E-state index in [0.717, 1.165) is 15.7 Å². The van der Waals surface area contributed by atoms with Crippen molar-refractivity contribution >= 4 is 62.0 Å². The number of azo groups is 1. The van der Waals surface area contributed by atoms with Gasteiger partial charge in [-0.1, -0.05) is 39.7 Å². The number of carbonyl (C=O) groups is 1. The molecule has 2 unspecified atom stereocenters. The maximum absolute atomic E-state index is 12.9. The van der Waals surface area contributed by atoms with E-state index in [1.54, 1.807) is 18.2 Å². The average Bonchev–Trinajstić information content (AvgIpc) is 2.62. The number of hydrogen-bond donors (Lipinski definition) is 2. The van der Waals surface area contributed by atoms with Crippen LogP contribution in [0.3, 0.4) is 0 Å². The van der Waals surface area contributed by atoms with E-state index >= 15 is 0 Å². The molecule has 8 heteroatoms. The molecule has 0 fully saturated rings. The lowest BCUT2D eigenvalue weighted by molar-refractivity contribution is 0.0947. The van der Waals surface area contributed by atoms with Gasteiger partial charge in [0, 0.05) is 20.8 Å². The predicted molar refractivity (Wildman–Crippen MR) is 109 cm³/mol. The van der Waals surface area contributed by atoms with Crippen LogP contribution >= 0.6 is 39.7 Å². The molecule has 2 atom stereocenters. The van der Waals surface area contributed by atoms with Crippen LogP contribution < -0.4 is 10.6 Å². The van der Waals surface area contributed by atoms with Gasteiger partial charge in [0.05, 0.1) is 11.7 Å². The summed E-state index contributed by atoms with van der Waals surface area (Å²) >= 11 is 14.8. The summed E-state index contributed by atoms with van der Waals surface area (Å²) in [6, 6.07) is 11.7. The Labute approximate surface area is 168 Å². The van der Waals surface area contributed by atoms with Gasteiger partial charge in [0.25, 0.3) is 0 Å². The van der Waals surface area contributed by atoms with E-state index < -0.39 is 12.1 Å². The van der Waals surface area contributed by atoms with E-state index in [1.807, 2.05) is 30.3 Å². The van der Waals surface area contributed by atoms with Gasteiger partial charge in [0.2, 0.25) is 0 Å². The van der Waals surface area contributed by atoms with Crippen molar-refractivity contribution in [3.63, 3.8) is 0 Å². The number of carbonyl (C=O) groups excluding carboxylic acids is 1. The summed E-state index contributed by atoms with van der Waals surface area (Å²) in [4.78, 5) is 12.9. The van der Waals surface area contributed by atoms with Gasteiger partial charge in [-0.15, -0.1) is 0 Å². The lowest BCUT2D eigenvalue weighted by Gasteiger charge is -2.30. The average molecular weight is 448 g/mol. The molecule has 130 valence electrons. The third kappa shape index (κ3) is 3.30. The van der Waals surface area contributed by atoms with E-state index in [4.69, 9.17) is 23.8 Å². The monoisotopic (exact) mass is 446 g/mol. The summed E-state index contributed by atoms with van der Waals surface area (Å²) in [5.41, 5.74) is 2.78. The van der Waals surface area contributed by atoms with Crippen LogP contribution in [0.15, 0.2) is 63.2 Å². The predicted octanol–water partition coefficient (Wildman–Crippen LogP) is 4.64. The largest absolute Gasteiger partial charge is 0.353 e. The first-order chi connectivity index (χ1) is 12.5. The molecule has 0 saturated heterocycles. The molecule has 2 N–H and O–H groups in total. The highest BCUT2D eigenvalue weighted by Crippen LogP contribution is 2.31. The quantitative estimate of drug-likeness (QED) is 0.658. The topological polar surface area (TPSA) is 65.8 Å². The first kappa shape index (κ1) is 17.3. The minimum absolute atomic E-state index is 0.135. The Balaban J connectivity index is 1.70. The molecule has 0 aromatic heterocycles. The zero-order valence-corrected chi connectivity index (χ0v) is 16.4. The van der Waals surface area contributed by atoms with E-state index in [9.17, 15) is 4.79 Å². The Kier molecular flexibility index (Phi) is 4.60. The molecule has 2 aliphatic rings. The van der Waals surface area contributed by atoms with Crippen LogP contribution in [0.1, 0.15) is 15.9 Å². The van der Waals surface area contributed by atoms with E-state index in [-0.39, 0.29) is 5.78 Å². The minimum atomic E-state index is -0.705. The number of halogens is 2. The molecular weight excluding hydrogens is 436 g/mol. The van der Waals surface area contributed by atoms with Gasteiger partial charge in [-0.2, -0.15) is 10.2 Å². The molecule has 0 amide bonds. The molecule has 26 heavy (non-hydrogen) atoms. The third-order valence-electron chi connectivity index (χ3n) is 4.15. The number of Topliss-reactive ketones (excluding diaryl/α,β-unsaturated/α-hetero) is 1. The van der Waals surface area contributed by atoms with Gasteiger partial charge in [0.1, 0.15) is 0 Å². The maximum atomic E-state index is 12.9. The van der Waals surface area contributed by atoms with Gasteiger partial charge >= 0.3 is 0 Å². The SMILES string of the molecule is O=C1c2cc(Cl)ccc2N=NC1C1C=C(c2cccc(Br)c2)NC(=S)N1. The highest BCUT2D eigenvalue weighted by Gasteiger charge is 2.34. The van der Waals surface area contributed by atoms with Crippen molar-refractivity contribution in [1.29, 1.82) is 0 Å². The van der Waals surface area contributed by atoms with Crippen LogP contribution in [0.25, 0.3) is 5.70 Å². The van der Waals surface area contributed by atoms with Crippen LogP contribution in [0.4, 0.5) is 5.69 Å². The Morgan fingerprint density at radius 3 is 2.85 bits per heavy atom. The summed E-state index contributed by atoms with van der Waals surface area (Å²) < 4.78 is 0.954. The number of benzene rings is 2. The van der Waals surface area contributed by atoms with Crippen molar-refractivity contribution in [3.8, 4) is 0 Å². The smallest absolute Gasteiger partial charge is 0.193 e. The van der Waals surface area contributed by atoms with Crippen LogP contribution in [0.5, 0.6) is 0 Å². The van der Waals surface area contributed by atoms with Crippen LogP contribution in [-0.2, 0) is 0 Å². The molecule has 0 spiro atoms. The Morgan fingerprint density at radius 1 is 1.19 bits per heavy atom. The van der Waals surface area contributed by atoms with Crippen molar-refractivity contribution < 1.29 is 4.79 Å². The molecular formula is C18H12BrClN4OS. The molecule has 5 nitrogen and oxygen atoms in total. The number of hydrogen-bond acceptors (Lipinski definition) is 4. The molecule has 2 aromatic rings. The fourth-order valence-corrected chi connectivity index (χ4v) is 3.75. The highest BCUT2D eigenvalue weighted by atomic mass is 79.9. The number of nitrogens with one attached hydrogen (secondary N) is 2. The highest BCUT2D eigenvalue weighted by molar-refractivity contribution is 9.10. The van der Waals surface area contributed by atoms with Crippen LogP contribution in [0.2, 0.25) is 5.02 Å². The lowest BCUT2D eigenvalue weighted by atomic mass is 9.94. The Morgan fingerprint density at radius 2 is 2.04 bits per heavy atom. The van der Waals surface area contributed by atoms with E-state index in [1.165, 1.54) is 0 Å². The fraction of sp³-hybridized carbons (Fsp3) is 0.111. The number of fused-ring (bicyclic) bond motifs is 1. The summed E-state index contributed by atoms with van der Waals surface area (Å²) in [6.45, 7) is 0. The molecule has 0 aliphatic carbocycles. The van der Waals surface area contributed by atoms with Crippen LogP contribution in [-0.4, -0.2) is 23.0 Å². The van der Waals surface area contributed by atoms with Gasteiger partial charge in [-0.25, -0.2) is 0 Å². The first-order valence-corrected chi connectivity index (χ1v) is 9.39. The minimum Gasteiger partial charge on any atom is -0.353 e. The lowest BCUT2D eigenvalue weighted by Crippen LogP contribution is -2.52. The van der Waals surface area contributed by atoms with Crippen molar-refractivity contribution in [1.82, 2.24) is 10.6 Å². The van der Waals surface area contributed by atoms with Crippen molar-refractivity contribution in [2.75, 3.05) is 0 Å². The second kappa shape index (κ2) is 6.90. The summed E-state index contributed by atoms with van der Waals surface area (Å²) in [5.74, 6) is -0.135. The first-order valence-electron chi connectivity index (χ1n) is 7.81. The fourth-order valence-electron chi connectivity index (χ4n) is 2.93. The second-order valence-electron chi connectivity index (χ2n) is 5.90. The zero-order valence-electron chi connectivity index (χ0n) is 13.2. The standard InChI is InChI=1S/C18H12BrClN4OS/c19-10-3-1-2-9(6-10)14-8-15(22-18(26)21-14)16-17(25)12-7-11(20)4-5-13(12)23-24-16/h1-8,15-16H,(H2,21,22,26). The van der Waals surface area contributed by atoms with Gasteiger partial charge in [-0.05, 0) is 54.2 Å². The van der Waals surface area contributed by atoms with Crippen molar-refractivity contribution in [2.45, 2.75) is 12.1 Å². The van der Waals surface area contributed by atoms with Gasteiger partial charge in [-0.3, -0.25) is 4.79 Å². The molecule has 0 bridgehead atoms. The van der Waals surface area contributed by atoms with Gasteiger partial charge in [0.15, 0.2) is 16.9 Å². The molecule has 4 rings (SSSR count). The molecule has 0 saturated carbocycles. The number of ketones is 1. The summed E-state index contributed by atoms with van der Waals surface area (Å²) in [7, 11) is 0. The number of rotatable bonds is 2.